The van der Waals surface area contributed by atoms with Crippen LogP contribution in [0.1, 0.15) is 5.56 Å². The smallest absolute Gasteiger partial charge is 0.163 e. The van der Waals surface area contributed by atoms with E-state index in [0.717, 1.165) is 45.5 Å². The summed E-state index contributed by atoms with van der Waals surface area (Å²) in [5.41, 5.74) is 4.77. The van der Waals surface area contributed by atoms with Crippen LogP contribution in [-0.4, -0.2) is 22.6 Å². The molecule has 3 heterocycles. The van der Waals surface area contributed by atoms with Gasteiger partial charge in [-0.3, -0.25) is 4.40 Å². The number of anilines is 2. The van der Waals surface area contributed by atoms with Gasteiger partial charge in [0.25, 0.3) is 0 Å². The highest BCUT2D eigenvalue weighted by Crippen LogP contribution is 2.36. The fraction of sp³-hybridized carbons (Fsp3) is 0.136. The first-order valence-electron chi connectivity index (χ1n) is 9.09. The largest absolute Gasteiger partial charge is 0.486 e. The highest BCUT2D eigenvalue weighted by atomic mass is 35.5. The molecule has 28 heavy (non-hydrogen) atoms. The minimum Gasteiger partial charge on any atom is -0.486 e. The maximum atomic E-state index is 6.07. The molecule has 5 rings (SSSR count). The zero-order valence-electron chi connectivity index (χ0n) is 15.3. The third kappa shape index (κ3) is 2.94. The highest BCUT2D eigenvalue weighted by molar-refractivity contribution is 6.30. The predicted molar refractivity (Wildman–Crippen MR) is 111 cm³/mol. The lowest BCUT2D eigenvalue weighted by Crippen LogP contribution is -2.15. The molecule has 6 heteroatoms. The van der Waals surface area contributed by atoms with Gasteiger partial charge in [-0.15, -0.1) is 0 Å². The fourth-order valence-corrected chi connectivity index (χ4v) is 3.52. The molecule has 0 saturated carbocycles. The summed E-state index contributed by atoms with van der Waals surface area (Å²) < 4.78 is 13.4. The summed E-state index contributed by atoms with van der Waals surface area (Å²) in [4.78, 5) is 4.90. The Morgan fingerprint density at radius 2 is 1.79 bits per heavy atom. The van der Waals surface area contributed by atoms with Crippen LogP contribution >= 0.6 is 11.6 Å². The van der Waals surface area contributed by atoms with E-state index in [-0.39, 0.29) is 0 Å². The Labute approximate surface area is 167 Å². The van der Waals surface area contributed by atoms with E-state index < -0.39 is 0 Å². The van der Waals surface area contributed by atoms with Gasteiger partial charge in [-0.1, -0.05) is 29.8 Å². The van der Waals surface area contributed by atoms with E-state index in [9.17, 15) is 0 Å². The van der Waals surface area contributed by atoms with E-state index >= 15 is 0 Å². The number of pyridine rings is 1. The van der Waals surface area contributed by atoms with Crippen LogP contribution in [0.3, 0.4) is 0 Å². The lowest BCUT2D eigenvalue weighted by Gasteiger charge is -2.19. The molecule has 5 nitrogen and oxygen atoms in total. The number of hydrogen-bond donors (Lipinski definition) is 1. The molecule has 0 saturated heterocycles. The third-order valence-electron chi connectivity index (χ3n) is 4.77. The average molecular weight is 392 g/mol. The summed E-state index contributed by atoms with van der Waals surface area (Å²) in [7, 11) is 0. The van der Waals surface area contributed by atoms with E-state index in [1.54, 1.807) is 0 Å². The zero-order valence-corrected chi connectivity index (χ0v) is 16.0. The fourth-order valence-electron chi connectivity index (χ4n) is 3.39. The Morgan fingerprint density at radius 3 is 2.61 bits per heavy atom. The number of hydrogen-bond acceptors (Lipinski definition) is 4. The number of halogens is 1. The van der Waals surface area contributed by atoms with E-state index in [1.165, 1.54) is 0 Å². The second-order valence-electron chi connectivity index (χ2n) is 6.68. The Hall–Kier alpha value is -3.18. The Balaban J connectivity index is 1.64. The van der Waals surface area contributed by atoms with Gasteiger partial charge >= 0.3 is 0 Å². The van der Waals surface area contributed by atoms with Crippen molar-refractivity contribution in [1.82, 2.24) is 9.38 Å². The molecule has 1 N–H and O–H groups in total. The Kier molecular flexibility index (Phi) is 4.10. The van der Waals surface area contributed by atoms with Crippen LogP contribution in [0.5, 0.6) is 11.5 Å². The van der Waals surface area contributed by atoms with Gasteiger partial charge in [0.05, 0.1) is 0 Å². The van der Waals surface area contributed by atoms with Gasteiger partial charge in [0.1, 0.15) is 30.4 Å². The van der Waals surface area contributed by atoms with Crippen LogP contribution in [0.2, 0.25) is 5.02 Å². The molecular weight excluding hydrogens is 374 g/mol. The normalized spacial score (nSPS) is 12.9. The molecule has 0 fully saturated rings. The second-order valence-corrected chi connectivity index (χ2v) is 7.12. The number of ether oxygens (including phenoxy) is 2. The van der Waals surface area contributed by atoms with E-state index in [1.807, 2.05) is 54.7 Å². The number of fused-ring (bicyclic) bond motifs is 2. The molecule has 140 valence electrons. The topological polar surface area (TPSA) is 47.8 Å². The number of imidazole rings is 1. The van der Waals surface area contributed by atoms with Crippen molar-refractivity contribution in [3.63, 3.8) is 0 Å². The highest BCUT2D eigenvalue weighted by Gasteiger charge is 2.17. The summed E-state index contributed by atoms with van der Waals surface area (Å²) in [6, 6.07) is 17.6. The van der Waals surface area contributed by atoms with E-state index in [0.29, 0.717) is 18.2 Å². The quantitative estimate of drug-likeness (QED) is 0.502. The van der Waals surface area contributed by atoms with E-state index in [2.05, 4.69) is 22.7 Å². The van der Waals surface area contributed by atoms with Crippen molar-refractivity contribution in [2.24, 2.45) is 0 Å². The minimum atomic E-state index is 0.557. The third-order valence-corrected chi connectivity index (χ3v) is 5.02. The summed E-state index contributed by atoms with van der Waals surface area (Å²) in [5, 5.41) is 4.22. The van der Waals surface area contributed by atoms with Crippen LogP contribution in [0.25, 0.3) is 16.9 Å². The molecule has 2 aromatic heterocycles. The van der Waals surface area contributed by atoms with Crippen LogP contribution in [0.4, 0.5) is 11.5 Å². The average Bonchev–Trinajstić information content (AvgIpc) is 3.08. The first-order valence-corrected chi connectivity index (χ1v) is 9.47. The SMILES string of the molecule is Cc1cccn2c(Nc3ccc4c(c3)OCCO4)c(-c3ccc(Cl)cc3)nc12. The summed E-state index contributed by atoms with van der Waals surface area (Å²) in [5.74, 6) is 2.40. The van der Waals surface area contributed by atoms with Gasteiger partial charge in [0.15, 0.2) is 11.5 Å². The number of rotatable bonds is 3. The van der Waals surface area contributed by atoms with Crippen molar-refractivity contribution in [2.45, 2.75) is 6.92 Å². The first-order chi connectivity index (χ1) is 13.7. The van der Waals surface area contributed by atoms with Crippen molar-refractivity contribution >= 4 is 28.8 Å². The van der Waals surface area contributed by atoms with Crippen molar-refractivity contribution in [2.75, 3.05) is 18.5 Å². The van der Waals surface area contributed by atoms with Crippen molar-refractivity contribution < 1.29 is 9.47 Å². The van der Waals surface area contributed by atoms with Gasteiger partial charge in [-0.25, -0.2) is 4.98 Å². The van der Waals surface area contributed by atoms with Gasteiger partial charge in [0.2, 0.25) is 0 Å². The van der Waals surface area contributed by atoms with Crippen LogP contribution in [0.15, 0.2) is 60.8 Å². The lowest BCUT2D eigenvalue weighted by atomic mass is 10.1. The molecule has 0 amide bonds. The summed E-state index contributed by atoms with van der Waals surface area (Å²) in [6.45, 7) is 3.19. The van der Waals surface area contributed by atoms with Crippen LogP contribution in [-0.2, 0) is 0 Å². The molecule has 1 aliphatic heterocycles. The van der Waals surface area contributed by atoms with Gasteiger partial charge in [-0.2, -0.15) is 0 Å². The molecule has 2 aromatic carbocycles. The molecule has 4 aromatic rings. The van der Waals surface area contributed by atoms with Gasteiger partial charge in [-0.05, 0) is 42.8 Å². The van der Waals surface area contributed by atoms with E-state index in [4.69, 9.17) is 26.1 Å². The van der Waals surface area contributed by atoms with Crippen molar-refractivity contribution in [3.8, 4) is 22.8 Å². The number of aromatic nitrogens is 2. The molecule has 0 atom stereocenters. The minimum absolute atomic E-state index is 0.557. The number of aryl methyl sites for hydroxylation is 1. The van der Waals surface area contributed by atoms with Gasteiger partial charge < -0.3 is 14.8 Å². The zero-order chi connectivity index (χ0) is 19.1. The standard InChI is InChI=1S/C22H18ClN3O2/c1-14-3-2-10-26-21(14)25-20(15-4-6-16(23)7-5-15)22(26)24-17-8-9-18-19(13-17)28-12-11-27-18/h2-10,13,24H,11-12H2,1H3. The number of nitrogens with zero attached hydrogens (tertiary/aromatic N) is 2. The van der Waals surface area contributed by atoms with Crippen LogP contribution < -0.4 is 14.8 Å². The Morgan fingerprint density at radius 1 is 1.00 bits per heavy atom. The van der Waals surface area contributed by atoms with Gasteiger partial charge in [0, 0.05) is 28.5 Å². The van der Waals surface area contributed by atoms with Crippen molar-refractivity contribution in [1.29, 1.82) is 0 Å². The monoisotopic (exact) mass is 391 g/mol. The predicted octanol–water partition coefficient (Wildman–Crippen LogP) is 5.48. The molecule has 0 unspecified atom stereocenters. The number of benzene rings is 2. The summed E-state index contributed by atoms with van der Waals surface area (Å²) in [6.07, 6.45) is 2.01. The number of nitrogens with one attached hydrogen (secondary N) is 1. The van der Waals surface area contributed by atoms with Crippen LogP contribution in [0, 0.1) is 6.92 Å². The molecular formula is C22H18ClN3O2. The molecule has 0 aliphatic carbocycles. The maximum absolute atomic E-state index is 6.07. The maximum Gasteiger partial charge on any atom is 0.163 e. The second kappa shape index (κ2) is 6.77. The first kappa shape index (κ1) is 17.0. The summed E-state index contributed by atoms with van der Waals surface area (Å²) >= 11 is 6.07. The molecule has 0 bridgehead atoms. The molecule has 0 spiro atoms. The molecule has 1 aliphatic rings. The lowest BCUT2D eigenvalue weighted by molar-refractivity contribution is 0.171. The molecule has 0 radical (unpaired) electrons. The van der Waals surface area contributed by atoms with Crippen molar-refractivity contribution in [3.05, 3.63) is 71.4 Å². The Bertz CT molecular complexity index is 1170.